The Labute approximate surface area is 107 Å². The fourth-order valence-electron chi connectivity index (χ4n) is 3.59. The first-order valence-electron chi connectivity index (χ1n) is 7.68. The highest BCUT2D eigenvalue weighted by atomic mass is 15.2. The number of hydrogen-bond donors (Lipinski definition) is 1. The molecule has 100 valence electrons. The molecule has 2 rings (SSSR count). The van der Waals surface area contributed by atoms with Gasteiger partial charge in [-0.1, -0.05) is 33.1 Å². The van der Waals surface area contributed by atoms with Crippen molar-refractivity contribution < 1.29 is 0 Å². The molecule has 0 spiro atoms. The van der Waals surface area contributed by atoms with E-state index in [9.17, 15) is 0 Å². The van der Waals surface area contributed by atoms with Crippen LogP contribution in [-0.2, 0) is 0 Å². The van der Waals surface area contributed by atoms with Gasteiger partial charge in [0, 0.05) is 25.7 Å². The van der Waals surface area contributed by atoms with E-state index >= 15 is 0 Å². The van der Waals surface area contributed by atoms with Crippen molar-refractivity contribution in [2.75, 3.05) is 26.2 Å². The van der Waals surface area contributed by atoms with Gasteiger partial charge in [-0.05, 0) is 37.6 Å². The first kappa shape index (κ1) is 13.4. The molecule has 1 aliphatic heterocycles. The number of nitrogens with zero attached hydrogens (tertiary/aromatic N) is 1. The third kappa shape index (κ3) is 3.96. The predicted molar refractivity (Wildman–Crippen MR) is 74.3 cm³/mol. The second-order valence-electron chi connectivity index (χ2n) is 6.50. The highest BCUT2D eigenvalue weighted by molar-refractivity contribution is 4.84. The molecule has 17 heavy (non-hydrogen) atoms. The zero-order valence-electron chi connectivity index (χ0n) is 11.8. The maximum absolute atomic E-state index is 3.67. The van der Waals surface area contributed by atoms with Crippen molar-refractivity contribution in [2.24, 2.45) is 5.41 Å². The van der Waals surface area contributed by atoms with E-state index in [-0.39, 0.29) is 0 Å². The van der Waals surface area contributed by atoms with E-state index in [0.717, 1.165) is 6.04 Å². The van der Waals surface area contributed by atoms with Crippen LogP contribution in [-0.4, -0.2) is 37.1 Å². The van der Waals surface area contributed by atoms with Gasteiger partial charge in [0.15, 0.2) is 0 Å². The second-order valence-corrected chi connectivity index (χ2v) is 6.50. The minimum Gasteiger partial charge on any atom is -0.313 e. The summed E-state index contributed by atoms with van der Waals surface area (Å²) in [5.41, 5.74) is 0.615. The zero-order valence-corrected chi connectivity index (χ0v) is 11.8. The van der Waals surface area contributed by atoms with Gasteiger partial charge in [-0.15, -0.1) is 0 Å². The third-order valence-electron chi connectivity index (χ3n) is 4.81. The molecule has 2 heteroatoms. The Morgan fingerprint density at radius 3 is 2.65 bits per heavy atom. The molecular weight excluding hydrogens is 208 g/mol. The molecule has 2 nitrogen and oxygen atoms in total. The van der Waals surface area contributed by atoms with Gasteiger partial charge in [0.1, 0.15) is 0 Å². The van der Waals surface area contributed by atoms with Crippen LogP contribution >= 0.6 is 0 Å². The van der Waals surface area contributed by atoms with Crippen LogP contribution in [0.3, 0.4) is 0 Å². The van der Waals surface area contributed by atoms with Crippen LogP contribution < -0.4 is 5.32 Å². The highest BCUT2D eigenvalue weighted by Crippen LogP contribution is 2.36. The van der Waals surface area contributed by atoms with Crippen molar-refractivity contribution in [1.29, 1.82) is 0 Å². The van der Waals surface area contributed by atoms with Gasteiger partial charge in [0.25, 0.3) is 0 Å². The van der Waals surface area contributed by atoms with Crippen molar-refractivity contribution in [3.63, 3.8) is 0 Å². The van der Waals surface area contributed by atoms with Gasteiger partial charge in [-0.2, -0.15) is 0 Å². The SMILES string of the molecule is CCC1CCN(CC2(C)CCCCC2)CCN1. The summed E-state index contributed by atoms with van der Waals surface area (Å²) >= 11 is 0. The Bertz CT molecular complexity index is 221. The van der Waals surface area contributed by atoms with E-state index in [2.05, 4.69) is 24.1 Å². The predicted octanol–water partition coefficient (Wildman–Crippen LogP) is 3.03. The molecule has 2 fully saturated rings. The fraction of sp³-hybridized carbons (Fsp3) is 1.00. The first-order valence-corrected chi connectivity index (χ1v) is 7.68. The van der Waals surface area contributed by atoms with Crippen LogP contribution in [0.1, 0.15) is 58.8 Å². The van der Waals surface area contributed by atoms with Crippen LogP contribution in [0.5, 0.6) is 0 Å². The van der Waals surface area contributed by atoms with Crippen molar-refractivity contribution in [3.8, 4) is 0 Å². The van der Waals surface area contributed by atoms with Gasteiger partial charge in [0.2, 0.25) is 0 Å². The fourth-order valence-corrected chi connectivity index (χ4v) is 3.59. The smallest absolute Gasteiger partial charge is 0.0107 e. The van der Waals surface area contributed by atoms with Crippen LogP contribution in [0.15, 0.2) is 0 Å². The van der Waals surface area contributed by atoms with Crippen LogP contribution in [0.25, 0.3) is 0 Å². The van der Waals surface area contributed by atoms with Gasteiger partial charge in [-0.3, -0.25) is 0 Å². The molecule has 1 heterocycles. The molecule has 1 saturated carbocycles. The molecule has 1 N–H and O–H groups in total. The van der Waals surface area contributed by atoms with E-state index in [1.807, 2.05) is 0 Å². The largest absolute Gasteiger partial charge is 0.313 e. The lowest BCUT2D eigenvalue weighted by Gasteiger charge is -2.38. The van der Waals surface area contributed by atoms with Crippen LogP contribution in [0.4, 0.5) is 0 Å². The van der Waals surface area contributed by atoms with Gasteiger partial charge in [0.05, 0.1) is 0 Å². The standard InChI is InChI=1S/C15H30N2/c1-3-14-7-11-17(12-10-16-14)13-15(2)8-5-4-6-9-15/h14,16H,3-13H2,1-2H3. The molecule has 0 aromatic carbocycles. The Morgan fingerprint density at radius 1 is 1.18 bits per heavy atom. The molecule has 0 radical (unpaired) electrons. The Kier molecular flexibility index (Phi) is 4.87. The molecular formula is C15H30N2. The van der Waals surface area contributed by atoms with E-state index in [0.29, 0.717) is 5.41 Å². The maximum Gasteiger partial charge on any atom is 0.0107 e. The zero-order chi connectivity index (χ0) is 12.1. The minimum absolute atomic E-state index is 0.615. The summed E-state index contributed by atoms with van der Waals surface area (Å²) in [5, 5.41) is 3.67. The van der Waals surface area contributed by atoms with E-state index < -0.39 is 0 Å². The quantitative estimate of drug-likeness (QED) is 0.813. The average molecular weight is 238 g/mol. The average Bonchev–Trinajstić information content (AvgIpc) is 2.55. The molecule has 0 aromatic rings. The first-order chi connectivity index (χ1) is 8.22. The van der Waals surface area contributed by atoms with Crippen molar-refractivity contribution in [3.05, 3.63) is 0 Å². The summed E-state index contributed by atoms with van der Waals surface area (Å²) in [6.07, 6.45) is 9.91. The Hall–Kier alpha value is -0.0800. The summed E-state index contributed by atoms with van der Waals surface area (Å²) in [6.45, 7) is 9.91. The molecule has 1 aliphatic carbocycles. The molecule has 1 saturated heterocycles. The lowest BCUT2D eigenvalue weighted by atomic mass is 9.75. The molecule has 0 aromatic heterocycles. The van der Waals surface area contributed by atoms with Gasteiger partial charge < -0.3 is 10.2 Å². The maximum atomic E-state index is 3.67. The topological polar surface area (TPSA) is 15.3 Å². The van der Waals surface area contributed by atoms with Gasteiger partial charge >= 0.3 is 0 Å². The molecule has 0 amide bonds. The highest BCUT2D eigenvalue weighted by Gasteiger charge is 2.29. The lowest BCUT2D eigenvalue weighted by molar-refractivity contribution is 0.125. The second kappa shape index (κ2) is 6.19. The van der Waals surface area contributed by atoms with E-state index in [1.54, 1.807) is 0 Å². The van der Waals surface area contributed by atoms with Crippen LogP contribution in [0, 0.1) is 5.41 Å². The molecule has 1 unspecified atom stereocenters. The monoisotopic (exact) mass is 238 g/mol. The number of rotatable bonds is 3. The molecule has 0 bridgehead atoms. The summed E-state index contributed by atoms with van der Waals surface area (Å²) in [7, 11) is 0. The molecule has 1 atom stereocenters. The van der Waals surface area contributed by atoms with Crippen LogP contribution in [0.2, 0.25) is 0 Å². The number of hydrogen-bond acceptors (Lipinski definition) is 2. The summed E-state index contributed by atoms with van der Waals surface area (Å²) in [6, 6.07) is 0.763. The van der Waals surface area contributed by atoms with E-state index in [4.69, 9.17) is 0 Å². The number of nitrogens with one attached hydrogen (secondary N) is 1. The Balaban J connectivity index is 1.81. The summed E-state index contributed by atoms with van der Waals surface area (Å²) in [5.74, 6) is 0. The molecule has 2 aliphatic rings. The van der Waals surface area contributed by atoms with Crippen molar-refractivity contribution in [1.82, 2.24) is 10.2 Å². The minimum atomic E-state index is 0.615. The third-order valence-corrected chi connectivity index (χ3v) is 4.81. The van der Waals surface area contributed by atoms with Gasteiger partial charge in [-0.25, -0.2) is 0 Å². The van der Waals surface area contributed by atoms with Crippen molar-refractivity contribution in [2.45, 2.75) is 64.8 Å². The Morgan fingerprint density at radius 2 is 1.94 bits per heavy atom. The van der Waals surface area contributed by atoms with Crippen molar-refractivity contribution >= 4 is 0 Å². The summed E-state index contributed by atoms with van der Waals surface area (Å²) < 4.78 is 0. The summed E-state index contributed by atoms with van der Waals surface area (Å²) in [4.78, 5) is 2.72. The lowest BCUT2D eigenvalue weighted by Crippen LogP contribution is -2.39. The van der Waals surface area contributed by atoms with E-state index in [1.165, 1.54) is 71.1 Å². The normalized spacial score (nSPS) is 31.1.